The van der Waals surface area contributed by atoms with Crippen LogP contribution in [0, 0.1) is 12.8 Å². The van der Waals surface area contributed by atoms with Gasteiger partial charge in [-0.05, 0) is 44.2 Å². The van der Waals surface area contributed by atoms with Crippen LogP contribution in [0.1, 0.15) is 50.3 Å². The summed E-state index contributed by atoms with van der Waals surface area (Å²) in [6, 6.07) is 8.88. The van der Waals surface area contributed by atoms with Gasteiger partial charge in [-0.2, -0.15) is 0 Å². The van der Waals surface area contributed by atoms with Crippen LogP contribution in [0.2, 0.25) is 5.02 Å². The van der Waals surface area contributed by atoms with Crippen molar-refractivity contribution in [3.63, 3.8) is 0 Å². The number of rotatable bonds is 7. The highest BCUT2D eigenvalue weighted by atomic mass is 35.5. The summed E-state index contributed by atoms with van der Waals surface area (Å²) in [5.74, 6) is 1.85. The standard InChI is InChI=1S/C29H32ClN3O6/c1-16-25-27(32-39-16)26-20(30)10-7-11-21(26)33(29(25)35)19-9-6-5-8-17(12-19)13-24(34)31-18-14-22(36-2)28(38-4)23(15-18)37-3/h7,10-11,14-15,17,19H,5-6,8-9,12-13H2,1-4H3,(H,31,34). The average molecular weight is 554 g/mol. The lowest BCUT2D eigenvalue weighted by atomic mass is 9.93. The zero-order chi connectivity index (χ0) is 27.7. The molecule has 2 heterocycles. The highest BCUT2D eigenvalue weighted by molar-refractivity contribution is 6.37. The van der Waals surface area contributed by atoms with E-state index in [9.17, 15) is 9.59 Å². The summed E-state index contributed by atoms with van der Waals surface area (Å²) in [6.07, 6.45) is 4.71. The summed E-state index contributed by atoms with van der Waals surface area (Å²) in [5.41, 5.74) is 1.65. The number of aryl methyl sites for hydroxylation is 1. The summed E-state index contributed by atoms with van der Waals surface area (Å²) < 4.78 is 23.4. The van der Waals surface area contributed by atoms with Crippen molar-refractivity contribution in [2.45, 2.75) is 51.5 Å². The second-order valence-corrected chi connectivity index (χ2v) is 10.4. The number of fused-ring (bicyclic) bond motifs is 3. The number of pyridine rings is 1. The van der Waals surface area contributed by atoms with Crippen molar-refractivity contribution in [2.75, 3.05) is 26.6 Å². The first-order valence-corrected chi connectivity index (χ1v) is 13.4. The molecule has 2 aromatic carbocycles. The normalized spacial score (nSPS) is 17.7. The predicted molar refractivity (Wildman–Crippen MR) is 150 cm³/mol. The fraction of sp³-hybridized carbons (Fsp3) is 0.414. The second kappa shape index (κ2) is 11.2. The molecule has 1 aliphatic rings. The van der Waals surface area contributed by atoms with Gasteiger partial charge in [0.05, 0.1) is 31.9 Å². The number of halogens is 1. The lowest BCUT2D eigenvalue weighted by molar-refractivity contribution is -0.117. The van der Waals surface area contributed by atoms with E-state index in [1.54, 1.807) is 25.1 Å². The van der Waals surface area contributed by atoms with Gasteiger partial charge in [-0.1, -0.05) is 35.7 Å². The highest BCUT2D eigenvalue weighted by Gasteiger charge is 2.28. The van der Waals surface area contributed by atoms with Crippen molar-refractivity contribution in [2.24, 2.45) is 5.92 Å². The minimum Gasteiger partial charge on any atom is -0.493 e. The number of hydrogen-bond donors (Lipinski definition) is 1. The van der Waals surface area contributed by atoms with E-state index < -0.39 is 0 Å². The molecular weight excluding hydrogens is 522 g/mol. The van der Waals surface area contributed by atoms with Crippen LogP contribution < -0.4 is 25.1 Å². The molecule has 1 fully saturated rings. The lowest BCUT2D eigenvalue weighted by Gasteiger charge is -2.24. The lowest BCUT2D eigenvalue weighted by Crippen LogP contribution is -2.27. The second-order valence-electron chi connectivity index (χ2n) is 9.98. The number of ether oxygens (including phenoxy) is 3. The Kier molecular flexibility index (Phi) is 7.70. The third-order valence-electron chi connectivity index (χ3n) is 7.58. The van der Waals surface area contributed by atoms with E-state index in [0.717, 1.165) is 31.2 Å². The van der Waals surface area contributed by atoms with Crippen molar-refractivity contribution in [1.29, 1.82) is 0 Å². The maximum absolute atomic E-state index is 13.8. The summed E-state index contributed by atoms with van der Waals surface area (Å²) >= 11 is 6.60. The van der Waals surface area contributed by atoms with Crippen LogP contribution in [-0.2, 0) is 4.79 Å². The van der Waals surface area contributed by atoms with Crippen LogP contribution in [0.25, 0.3) is 21.8 Å². The Morgan fingerprint density at radius 3 is 2.51 bits per heavy atom. The van der Waals surface area contributed by atoms with Crippen LogP contribution in [0.15, 0.2) is 39.6 Å². The Balaban J connectivity index is 1.43. The quantitative estimate of drug-likeness (QED) is 0.268. The molecule has 0 aliphatic heterocycles. The Morgan fingerprint density at radius 1 is 1.10 bits per heavy atom. The number of nitrogens with zero attached hydrogens (tertiary/aromatic N) is 2. The van der Waals surface area contributed by atoms with Gasteiger partial charge in [0.25, 0.3) is 5.56 Å². The molecule has 10 heteroatoms. The Bertz CT molecular complexity index is 1570. The molecule has 39 heavy (non-hydrogen) atoms. The van der Waals surface area contributed by atoms with Crippen molar-refractivity contribution < 1.29 is 23.5 Å². The molecule has 0 radical (unpaired) electrons. The number of hydrogen-bond acceptors (Lipinski definition) is 7. The van der Waals surface area contributed by atoms with Gasteiger partial charge in [0.1, 0.15) is 16.7 Å². The molecule has 1 N–H and O–H groups in total. The van der Waals surface area contributed by atoms with E-state index in [4.69, 9.17) is 30.3 Å². The largest absolute Gasteiger partial charge is 0.493 e. The zero-order valence-corrected chi connectivity index (χ0v) is 23.3. The van der Waals surface area contributed by atoms with E-state index in [-0.39, 0.29) is 23.4 Å². The van der Waals surface area contributed by atoms with Crippen LogP contribution in [0.3, 0.4) is 0 Å². The number of carbonyl (C=O) groups excluding carboxylic acids is 1. The first-order valence-electron chi connectivity index (χ1n) is 13.0. The van der Waals surface area contributed by atoms with E-state index in [2.05, 4.69) is 10.5 Å². The summed E-state index contributed by atoms with van der Waals surface area (Å²) in [5, 5.41) is 8.82. The number of anilines is 1. The van der Waals surface area contributed by atoms with E-state index in [0.29, 0.717) is 62.8 Å². The molecule has 1 aliphatic carbocycles. The van der Waals surface area contributed by atoms with Crippen LogP contribution in [0.4, 0.5) is 5.69 Å². The van der Waals surface area contributed by atoms with Gasteiger partial charge in [-0.15, -0.1) is 0 Å². The molecule has 9 nitrogen and oxygen atoms in total. The van der Waals surface area contributed by atoms with E-state index in [1.807, 2.05) is 16.7 Å². The molecule has 2 atom stereocenters. The number of aromatic nitrogens is 2. The predicted octanol–water partition coefficient (Wildman–Crippen LogP) is 6.28. The van der Waals surface area contributed by atoms with Gasteiger partial charge in [0, 0.05) is 35.7 Å². The van der Waals surface area contributed by atoms with Crippen LogP contribution in [0.5, 0.6) is 17.2 Å². The molecule has 5 rings (SSSR count). The smallest absolute Gasteiger partial charge is 0.264 e. The van der Waals surface area contributed by atoms with Crippen molar-refractivity contribution in [1.82, 2.24) is 9.72 Å². The van der Waals surface area contributed by atoms with E-state index >= 15 is 0 Å². The Morgan fingerprint density at radius 2 is 1.82 bits per heavy atom. The fourth-order valence-electron chi connectivity index (χ4n) is 5.82. The molecule has 4 aromatic rings. The molecular formula is C29H32ClN3O6. The summed E-state index contributed by atoms with van der Waals surface area (Å²) in [6.45, 7) is 1.74. The van der Waals surface area contributed by atoms with Gasteiger partial charge < -0.3 is 28.6 Å². The molecule has 0 saturated heterocycles. The van der Waals surface area contributed by atoms with Gasteiger partial charge in [-0.3, -0.25) is 9.59 Å². The molecule has 206 valence electrons. The van der Waals surface area contributed by atoms with Crippen LogP contribution >= 0.6 is 11.6 Å². The van der Waals surface area contributed by atoms with Crippen molar-refractivity contribution >= 4 is 45.0 Å². The molecule has 2 aromatic heterocycles. The van der Waals surface area contributed by atoms with E-state index in [1.165, 1.54) is 21.3 Å². The summed E-state index contributed by atoms with van der Waals surface area (Å²) in [4.78, 5) is 27.0. The minimum atomic E-state index is -0.133. The third kappa shape index (κ3) is 5.03. The molecule has 2 unspecified atom stereocenters. The molecule has 0 bridgehead atoms. The zero-order valence-electron chi connectivity index (χ0n) is 22.5. The SMILES string of the molecule is COc1cc(NC(=O)CC2CCCCC(n3c(=O)c4c(C)onc4c4c(Cl)cccc43)C2)cc(OC)c1OC. The first kappa shape index (κ1) is 26.9. The van der Waals surface area contributed by atoms with Gasteiger partial charge >= 0.3 is 0 Å². The van der Waals surface area contributed by atoms with Gasteiger partial charge in [-0.25, -0.2) is 0 Å². The number of benzene rings is 2. The molecule has 1 saturated carbocycles. The maximum atomic E-state index is 13.8. The topological polar surface area (TPSA) is 105 Å². The number of carbonyl (C=O) groups is 1. The molecule has 0 spiro atoms. The molecule has 1 amide bonds. The monoisotopic (exact) mass is 553 g/mol. The third-order valence-corrected chi connectivity index (χ3v) is 7.89. The van der Waals surface area contributed by atoms with Crippen LogP contribution in [-0.4, -0.2) is 37.0 Å². The number of nitrogens with one attached hydrogen (secondary N) is 1. The van der Waals surface area contributed by atoms with Gasteiger partial charge in [0.15, 0.2) is 11.5 Å². The maximum Gasteiger partial charge on any atom is 0.264 e. The Labute approximate surface area is 231 Å². The van der Waals surface area contributed by atoms with Gasteiger partial charge in [0.2, 0.25) is 11.7 Å². The number of amides is 1. The Hall–Kier alpha value is -3.72. The highest BCUT2D eigenvalue weighted by Crippen LogP contribution is 2.41. The fourth-order valence-corrected chi connectivity index (χ4v) is 6.07. The van der Waals surface area contributed by atoms with Crippen molar-refractivity contribution in [3.05, 3.63) is 51.5 Å². The first-order chi connectivity index (χ1) is 18.9. The van der Waals surface area contributed by atoms with Crippen molar-refractivity contribution in [3.8, 4) is 17.2 Å². The minimum absolute atomic E-state index is 0.0846. The summed E-state index contributed by atoms with van der Waals surface area (Å²) in [7, 11) is 4.60. The number of methoxy groups -OCH3 is 3. The average Bonchev–Trinajstić information content (AvgIpc) is 3.16.